The summed E-state index contributed by atoms with van der Waals surface area (Å²) in [6.07, 6.45) is 0. The molecule has 0 saturated heterocycles. The minimum Gasteiger partial charge on any atom is -0.207 e. The van der Waals surface area contributed by atoms with Crippen molar-refractivity contribution in [2.45, 2.75) is 12.3 Å². The second-order valence-electron chi connectivity index (χ2n) is 4.16. The van der Waals surface area contributed by atoms with E-state index in [2.05, 4.69) is 0 Å². The standard InChI is InChI=1S/C14H9Cl2F3/c1-7-4-12(18)9(6-11(7)17)14(16)8-2-3-10(15)13(19)5-8/h2-6,14H,1H3. The fraction of sp³-hybridized carbons (Fsp3) is 0.143. The summed E-state index contributed by atoms with van der Waals surface area (Å²) in [6, 6.07) is 5.99. The van der Waals surface area contributed by atoms with Crippen molar-refractivity contribution in [2.75, 3.05) is 0 Å². The molecule has 0 fully saturated rings. The van der Waals surface area contributed by atoms with E-state index in [1.807, 2.05) is 0 Å². The van der Waals surface area contributed by atoms with Crippen LogP contribution in [0, 0.1) is 24.4 Å². The van der Waals surface area contributed by atoms with E-state index in [4.69, 9.17) is 23.2 Å². The summed E-state index contributed by atoms with van der Waals surface area (Å²) >= 11 is 11.6. The van der Waals surface area contributed by atoms with Gasteiger partial charge in [-0.3, -0.25) is 0 Å². The van der Waals surface area contributed by atoms with Crippen molar-refractivity contribution in [3.05, 3.63) is 69.5 Å². The highest BCUT2D eigenvalue weighted by atomic mass is 35.5. The maximum Gasteiger partial charge on any atom is 0.142 e. The summed E-state index contributed by atoms with van der Waals surface area (Å²) in [4.78, 5) is 0. The van der Waals surface area contributed by atoms with Gasteiger partial charge in [0.05, 0.1) is 10.4 Å². The van der Waals surface area contributed by atoms with Gasteiger partial charge in [0.2, 0.25) is 0 Å². The molecular weight excluding hydrogens is 296 g/mol. The van der Waals surface area contributed by atoms with E-state index in [0.717, 1.165) is 18.2 Å². The van der Waals surface area contributed by atoms with E-state index in [9.17, 15) is 13.2 Å². The van der Waals surface area contributed by atoms with Crippen molar-refractivity contribution >= 4 is 23.2 Å². The predicted molar refractivity (Wildman–Crippen MR) is 70.2 cm³/mol. The van der Waals surface area contributed by atoms with Gasteiger partial charge in [-0.1, -0.05) is 17.7 Å². The van der Waals surface area contributed by atoms with Gasteiger partial charge in [0, 0.05) is 5.56 Å². The van der Waals surface area contributed by atoms with Crippen molar-refractivity contribution in [1.29, 1.82) is 0 Å². The lowest BCUT2D eigenvalue weighted by Crippen LogP contribution is -2.00. The van der Waals surface area contributed by atoms with E-state index in [1.54, 1.807) is 0 Å². The third kappa shape index (κ3) is 2.88. The van der Waals surface area contributed by atoms with Gasteiger partial charge in [-0.2, -0.15) is 0 Å². The second-order valence-corrected chi connectivity index (χ2v) is 5.00. The average Bonchev–Trinajstić information content (AvgIpc) is 2.36. The average molecular weight is 305 g/mol. The highest BCUT2D eigenvalue weighted by Gasteiger charge is 2.18. The molecule has 0 saturated carbocycles. The molecule has 2 aromatic carbocycles. The molecule has 0 nitrogen and oxygen atoms in total. The normalized spacial score (nSPS) is 12.5. The monoisotopic (exact) mass is 304 g/mol. The van der Waals surface area contributed by atoms with Crippen LogP contribution in [-0.4, -0.2) is 0 Å². The lowest BCUT2D eigenvalue weighted by atomic mass is 10.0. The molecule has 0 aliphatic heterocycles. The molecule has 0 amide bonds. The van der Waals surface area contributed by atoms with Gasteiger partial charge in [0.15, 0.2) is 0 Å². The van der Waals surface area contributed by atoms with Crippen LogP contribution in [0.15, 0.2) is 30.3 Å². The van der Waals surface area contributed by atoms with Crippen molar-refractivity contribution in [1.82, 2.24) is 0 Å². The Kier molecular flexibility index (Phi) is 4.07. The zero-order chi connectivity index (χ0) is 14.2. The number of rotatable bonds is 2. The van der Waals surface area contributed by atoms with E-state index in [-0.39, 0.29) is 16.1 Å². The van der Waals surface area contributed by atoms with Crippen LogP contribution < -0.4 is 0 Å². The molecule has 19 heavy (non-hydrogen) atoms. The molecule has 0 bridgehead atoms. The first-order chi connectivity index (χ1) is 8.90. The fourth-order valence-electron chi connectivity index (χ4n) is 1.71. The van der Waals surface area contributed by atoms with E-state index in [0.29, 0.717) is 5.56 Å². The van der Waals surface area contributed by atoms with Gasteiger partial charge in [0.1, 0.15) is 17.5 Å². The highest BCUT2D eigenvalue weighted by Crippen LogP contribution is 2.33. The van der Waals surface area contributed by atoms with Gasteiger partial charge in [-0.25, -0.2) is 13.2 Å². The maximum atomic E-state index is 13.8. The van der Waals surface area contributed by atoms with Gasteiger partial charge < -0.3 is 0 Å². The zero-order valence-electron chi connectivity index (χ0n) is 9.85. The summed E-state index contributed by atoms with van der Waals surface area (Å²) in [5, 5.41) is -1.04. The molecule has 2 rings (SSSR count). The third-order valence-electron chi connectivity index (χ3n) is 2.79. The predicted octanol–water partition coefficient (Wildman–Crippen LogP) is 5.39. The maximum absolute atomic E-state index is 13.8. The van der Waals surface area contributed by atoms with Crippen molar-refractivity contribution < 1.29 is 13.2 Å². The summed E-state index contributed by atoms with van der Waals surface area (Å²) in [6.45, 7) is 1.45. The Morgan fingerprint density at radius 1 is 0.947 bits per heavy atom. The number of benzene rings is 2. The molecule has 0 radical (unpaired) electrons. The quantitative estimate of drug-likeness (QED) is 0.652. The van der Waals surface area contributed by atoms with Crippen LogP contribution in [-0.2, 0) is 0 Å². The number of aryl methyl sites for hydroxylation is 1. The first-order valence-corrected chi connectivity index (χ1v) is 6.26. The van der Waals surface area contributed by atoms with E-state index in [1.165, 1.54) is 19.1 Å². The molecule has 1 unspecified atom stereocenters. The minimum atomic E-state index is -0.984. The van der Waals surface area contributed by atoms with Gasteiger partial charge in [-0.05, 0) is 42.3 Å². The van der Waals surface area contributed by atoms with Crippen LogP contribution in [0.3, 0.4) is 0 Å². The molecule has 0 aromatic heterocycles. The molecule has 1 atom stereocenters. The summed E-state index contributed by atoms with van der Waals surface area (Å²) in [5.74, 6) is -1.84. The molecule has 100 valence electrons. The van der Waals surface area contributed by atoms with Crippen LogP contribution in [0.2, 0.25) is 5.02 Å². The van der Waals surface area contributed by atoms with Crippen LogP contribution >= 0.6 is 23.2 Å². The summed E-state index contributed by atoms with van der Waals surface area (Å²) in [7, 11) is 0. The third-order valence-corrected chi connectivity index (χ3v) is 3.58. The Hall–Kier alpha value is -1.19. The molecule has 0 aliphatic carbocycles. The highest BCUT2D eigenvalue weighted by molar-refractivity contribution is 6.30. The second kappa shape index (κ2) is 5.43. The van der Waals surface area contributed by atoms with Crippen LogP contribution in [0.5, 0.6) is 0 Å². The van der Waals surface area contributed by atoms with Gasteiger partial charge in [-0.15, -0.1) is 11.6 Å². The van der Waals surface area contributed by atoms with Gasteiger partial charge in [0.25, 0.3) is 0 Å². The minimum absolute atomic E-state index is 0.0357. The lowest BCUT2D eigenvalue weighted by molar-refractivity contribution is 0.580. The Bertz CT molecular complexity index is 626. The fourth-order valence-corrected chi connectivity index (χ4v) is 2.13. The SMILES string of the molecule is Cc1cc(F)c(C(Cl)c2ccc(Cl)c(F)c2)cc1F. The molecule has 0 N–H and O–H groups in total. The molecule has 5 heteroatoms. The first-order valence-electron chi connectivity index (χ1n) is 5.44. The van der Waals surface area contributed by atoms with E-state index < -0.39 is 22.8 Å². The van der Waals surface area contributed by atoms with Gasteiger partial charge >= 0.3 is 0 Å². The van der Waals surface area contributed by atoms with Crippen molar-refractivity contribution in [2.24, 2.45) is 0 Å². The van der Waals surface area contributed by atoms with Crippen LogP contribution in [0.1, 0.15) is 22.1 Å². The Morgan fingerprint density at radius 2 is 1.63 bits per heavy atom. The Balaban J connectivity index is 2.46. The smallest absolute Gasteiger partial charge is 0.142 e. The number of halogens is 5. The molecule has 0 aliphatic rings. The summed E-state index contributed by atoms with van der Waals surface area (Å²) in [5.41, 5.74) is 0.463. The van der Waals surface area contributed by atoms with Crippen LogP contribution in [0.25, 0.3) is 0 Å². The molecular formula is C14H9Cl2F3. The van der Waals surface area contributed by atoms with E-state index >= 15 is 0 Å². The largest absolute Gasteiger partial charge is 0.207 e. The molecule has 0 heterocycles. The Labute approximate surface area is 118 Å². The lowest BCUT2D eigenvalue weighted by Gasteiger charge is -2.13. The summed E-state index contributed by atoms with van der Waals surface area (Å²) < 4.78 is 40.6. The van der Waals surface area contributed by atoms with Crippen LogP contribution in [0.4, 0.5) is 13.2 Å². The topological polar surface area (TPSA) is 0 Å². The first kappa shape index (κ1) is 14.2. The number of hydrogen-bond donors (Lipinski definition) is 0. The number of alkyl halides is 1. The van der Waals surface area contributed by atoms with Crippen molar-refractivity contribution in [3.8, 4) is 0 Å². The molecule has 2 aromatic rings. The zero-order valence-corrected chi connectivity index (χ0v) is 11.4. The Morgan fingerprint density at radius 3 is 2.26 bits per heavy atom. The van der Waals surface area contributed by atoms with Crippen molar-refractivity contribution in [3.63, 3.8) is 0 Å². The number of hydrogen-bond acceptors (Lipinski definition) is 0. The molecule has 0 spiro atoms.